The Kier molecular flexibility index (Phi) is 8.55. The average molecular weight is 329 g/mol. The molecule has 1 aromatic carbocycles. The van der Waals surface area contributed by atoms with Crippen molar-refractivity contribution < 1.29 is 14.3 Å². The third-order valence-corrected chi connectivity index (χ3v) is 3.94. The summed E-state index contributed by atoms with van der Waals surface area (Å²) < 4.78 is 5.68. The van der Waals surface area contributed by atoms with Crippen LogP contribution in [0.15, 0.2) is 55.6 Å². The molecule has 130 valence electrons. The molecule has 0 heterocycles. The molecular weight excluding hydrogens is 302 g/mol. The van der Waals surface area contributed by atoms with Crippen molar-refractivity contribution in [1.82, 2.24) is 4.90 Å². The smallest absolute Gasteiger partial charge is 0.306 e. The van der Waals surface area contributed by atoms with Gasteiger partial charge >= 0.3 is 5.97 Å². The summed E-state index contributed by atoms with van der Waals surface area (Å²) in [7, 11) is 1.74. The van der Waals surface area contributed by atoms with E-state index in [0.717, 1.165) is 5.56 Å². The van der Waals surface area contributed by atoms with Crippen molar-refractivity contribution in [2.24, 2.45) is 0 Å². The molecule has 1 amide bonds. The Morgan fingerprint density at radius 2 is 1.71 bits per heavy atom. The lowest BCUT2D eigenvalue weighted by molar-refractivity contribution is -0.155. The van der Waals surface area contributed by atoms with Gasteiger partial charge in [0.25, 0.3) is 0 Å². The Morgan fingerprint density at radius 3 is 2.29 bits per heavy atom. The van der Waals surface area contributed by atoms with Gasteiger partial charge in [0.2, 0.25) is 5.91 Å². The van der Waals surface area contributed by atoms with Gasteiger partial charge in [-0.1, -0.05) is 42.5 Å². The second kappa shape index (κ2) is 10.4. The summed E-state index contributed by atoms with van der Waals surface area (Å²) in [5.41, 5.74) is 0.875. The SMILES string of the molecule is C=CCCC(=O)OC(c1ccccc1)[C@@H](C)N(C)C(=O)CCC=C. The van der Waals surface area contributed by atoms with Gasteiger partial charge in [-0.25, -0.2) is 0 Å². The van der Waals surface area contributed by atoms with Crippen LogP contribution in [0.5, 0.6) is 0 Å². The molecule has 0 radical (unpaired) electrons. The fraction of sp³-hybridized carbons (Fsp3) is 0.400. The van der Waals surface area contributed by atoms with E-state index in [4.69, 9.17) is 4.74 Å². The van der Waals surface area contributed by atoms with Crippen LogP contribution in [0.1, 0.15) is 44.3 Å². The van der Waals surface area contributed by atoms with Gasteiger partial charge in [-0.05, 0) is 25.3 Å². The number of allylic oxidation sites excluding steroid dienone is 2. The van der Waals surface area contributed by atoms with Gasteiger partial charge in [-0.3, -0.25) is 9.59 Å². The Bertz CT molecular complexity index is 553. The number of benzene rings is 1. The normalized spacial score (nSPS) is 12.8. The van der Waals surface area contributed by atoms with Crippen molar-refractivity contribution in [2.45, 2.75) is 44.8 Å². The van der Waals surface area contributed by atoms with Gasteiger partial charge < -0.3 is 9.64 Å². The second-order valence-electron chi connectivity index (χ2n) is 5.72. The Labute approximate surface area is 144 Å². The number of nitrogens with zero attached hydrogens (tertiary/aromatic N) is 1. The van der Waals surface area contributed by atoms with Crippen molar-refractivity contribution >= 4 is 11.9 Å². The van der Waals surface area contributed by atoms with Crippen molar-refractivity contribution in [3.8, 4) is 0 Å². The van der Waals surface area contributed by atoms with Crippen molar-refractivity contribution in [2.75, 3.05) is 7.05 Å². The Morgan fingerprint density at radius 1 is 1.12 bits per heavy atom. The van der Waals surface area contributed by atoms with E-state index >= 15 is 0 Å². The molecule has 0 fully saturated rings. The van der Waals surface area contributed by atoms with Crippen LogP contribution in [0.4, 0.5) is 0 Å². The predicted octanol–water partition coefficient (Wildman–Crippen LogP) is 4.05. The summed E-state index contributed by atoms with van der Waals surface area (Å²) in [6, 6.07) is 9.24. The number of carbonyl (C=O) groups excluding carboxylic acids is 2. The highest BCUT2D eigenvalue weighted by molar-refractivity contribution is 5.76. The summed E-state index contributed by atoms with van der Waals surface area (Å²) in [6.07, 6.45) is 4.80. The summed E-state index contributed by atoms with van der Waals surface area (Å²) in [5.74, 6) is -0.284. The summed E-state index contributed by atoms with van der Waals surface area (Å²) in [4.78, 5) is 26.0. The van der Waals surface area contributed by atoms with Crippen LogP contribution in [-0.4, -0.2) is 29.9 Å². The topological polar surface area (TPSA) is 46.6 Å². The molecule has 24 heavy (non-hydrogen) atoms. The molecule has 1 unspecified atom stereocenters. The summed E-state index contributed by atoms with van der Waals surface area (Å²) >= 11 is 0. The third kappa shape index (κ3) is 6.03. The number of carbonyl (C=O) groups is 2. The van der Waals surface area contributed by atoms with Crippen LogP contribution >= 0.6 is 0 Å². The van der Waals surface area contributed by atoms with Crippen LogP contribution in [0.25, 0.3) is 0 Å². The lowest BCUT2D eigenvalue weighted by atomic mass is 10.0. The van der Waals surface area contributed by atoms with Gasteiger partial charge in [0.15, 0.2) is 0 Å². The first kappa shape index (κ1) is 19.7. The lowest BCUT2D eigenvalue weighted by Crippen LogP contribution is -2.40. The monoisotopic (exact) mass is 329 g/mol. The standard InChI is InChI=1S/C20H27NO3/c1-5-7-14-18(22)21(4)16(3)20(17-12-10-9-11-13-17)24-19(23)15-8-6-2/h5-6,9-13,16,20H,1-2,7-8,14-15H2,3-4H3/t16-,20?/m1/s1. The van der Waals surface area contributed by atoms with Crippen molar-refractivity contribution in [1.29, 1.82) is 0 Å². The molecule has 0 saturated carbocycles. The fourth-order valence-corrected chi connectivity index (χ4v) is 2.34. The third-order valence-electron chi connectivity index (χ3n) is 3.94. The maximum absolute atomic E-state index is 12.3. The highest BCUT2D eigenvalue weighted by Crippen LogP contribution is 2.25. The molecule has 2 atom stereocenters. The molecule has 0 saturated heterocycles. The molecule has 4 nitrogen and oxygen atoms in total. The van der Waals surface area contributed by atoms with E-state index in [0.29, 0.717) is 19.3 Å². The number of hydrogen-bond acceptors (Lipinski definition) is 3. The van der Waals surface area contributed by atoms with E-state index in [1.54, 1.807) is 24.1 Å². The van der Waals surface area contributed by atoms with E-state index in [-0.39, 0.29) is 24.3 Å². The maximum atomic E-state index is 12.3. The number of likely N-dealkylation sites (N-methyl/N-ethyl adjacent to an activating group) is 1. The average Bonchev–Trinajstić information content (AvgIpc) is 2.61. The van der Waals surface area contributed by atoms with Gasteiger partial charge in [0.1, 0.15) is 6.10 Å². The van der Waals surface area contributed by atoms with Gasteiger partial charge in [0, 0.05) is 19.9 Å². The van der Waals surface area contributed by atoms with Gasteiger partial charge in [-0.2, -0.15) is 0 Å². The van der Waals surface area contributed by atoms with E-state index in [1.165, 1.54) is 0 Å². The number of amides is 1. The molecule has 0 aliphatic carbocycles. The minimum Gasteiger partial charge on any atom is -0.455 e. The van der Waals surface area contributed by atoms with E-state index in [9.17, 15) is 9.59 Å². The van der Waals surface area contributed by atoms with Crippen molar-refractivity contribution in [3.63, 3.8) is 0 Å². The molecular formula is C20H27NO3. The minimum atomic E-state index is -0.499. The first-order valence-electron chi connectivity index (χ1n) is 8.23. The van der Waals surface area contributed by atoms with Crippen LogP contribution in [-0.2, 0) is 14.3 Å². The molecule has 0 N–H and O–H groups in total. The quantitative estimate of drug-likeness (QED) is 0.480. The fourth-order valence-electron chi connectivity index (χ4n) is 2.34. The van der Waals surface area contributed by atoms with Crippen LogP contribution < -0.4 is 0 Å². The predicted molar refractivity (Wildman–Crippen MR) is 96.4 cm³/mol. The zero-order valence-corrected chi connectivity index (χ0v) is 14.6. The Balaban J connectivity index is 2.91. The van der Waals surface area contributed by atoms with E-state index in [2.05, 4.69) is 13.2 Å². The number of hydrogen-bond donors (Lipinski definition) is 0. The first-order chi connectivity index (χ1) is 11.5. The second-order valence-corrected chi connectivity index (χ2v) is 5.72. The number of ether oxygens (including phenoxy) is 1. The molecule has 0 bridgehead atoms. The first-order valence-corrected chi connectivity index (χ1v) is 8.23. The maximum Gasteiger partial charge on any atom is 0.306 e. The van der Waals surface area contributed by atoms with Crippen molar-refractivity contribution in [3.05, 3.63) is 61.2 Å². The number of rotatable bonds is 10. The minimum absolute atomic E-state index is 0.00507. The van der Waals surface area contributed by atoms with Crippen LogP contribution in [0, 0.1) is 0 Å². The highest BCUT2D eigenvalue weighted by atomic mass is 16.5. The summed E-state index contributed by atoms with van der Waals surface area (Å²) in [6.45, 7) is 9.15. The number of esters is 1. The highest BCUT2D eigenvalue weighted by Gasteiger charge is 2.28. The summed E-state index contributed by atoms with van der Waals surface area (Å²) in [5, 5.41) is 0. The van der Waals surface area contributed by atoms with Gasteiger partial charge in [-0.15, -0.1) is 13.2 Å². The van der Waals surface area contributed by atoms with Gasteiger partial charge in [0.05, 0.1) is 6.04 Å². The molecule has 0 aromatic heterocycles. The molecule has 0 spiro atoms. The largest absolute Gasteiger partial charge is 0.455 e. The Hall–Kier alpha value is -2.36. The molecule has 4 heteroatoms. The van der Waals surface area contributed by atoms with Crippen LogP contribution in [0.3, 0.4) is 0 Å². The molecule has 0 aliphatic heterocycles. The van der Waals surface area contributed by atoms with E-state index in [1.807, 2.05) is 37.3 Å². The molecule has 0 aliphatic rings. The molecule has 1 aromatic rings. The van der Waals surface area contributed by atoms with Crippen LogP contribution in [0.2, 0.25) is 0 Å². The van der Waals surface area contributed by atoms with E-state index < -0.39 is 6.10 Å². The zero-order valence-electron chi connectivity index (χ0n) is 14.6. The lowest BCUT2D eigenvalue weighted by Gasteiger charge is -2.32. The molecule has 1 rings (SSSR count). The zero-order chi connectivity index (χ0) is 17.9.